The highest BCUT2D eigenvalue weighted by molar-refractivity contribution is 9.10. The Morgan fingerprint density at radius 2 is 2.06 bits per heavy atom. The molecule has 94 valence electrons. The summed E-state index contributed by atoms with van der Waals surface area (Å²) in [6, 6.07) is 3.57. The third-order valence-corrected chi connectivity index (χ3v) is 3.62. The second-order valence-corrected chi connectivity index (χ2v) is 5.51. The molecule has 5 heteroatoms. The first-order valence-corrected chi connectivity index (χ1v) is 6.27. The molecule has 0 aliphatic rings. The minimum atomic E-state index is -0.878. The number of rotatable bonds is 3. The lowest BCUT2D eigenvalue weighted by atomic mass is 10.1. The van der Waals surface area contributed by atoms with Crippen molar-refractivity contribution < 1.29 is 9.53 Å². The Hall–Kier alpha value is -0.580. The number of benzene rings is 1. The van der Waals surface area contributed by atoms with Crippen LogP contribution in [0.15, 0.2) is 16.6 Å². The lowest BCUT2D eigenvalue weighted by molar-refractivity contribution is -0.133. The maximum atomic E-state index is 11.9. The first-order chi connectivity index (χ1) is 7.77. The molecule has 0 unspecified atom stereocenters. The van der Waals surface area contributed by atoms with Gasteiger partial charge in [0.15, 0.2) is 0 Å². The Morgan fingerprint density at radius 1 is 1.47 bits per heavy atom. The molecule has 1 rings (SSSR count). The van der Waals surface area contributed by atoms with Gasteiger partial charge in [-0.15, -0.1) is 0 Å². The number of nitrogens with one attached hydrogen (secondary N) is 1. The van der Waals surface area contributed by atoms with Crippen LogP contribution in [0.5, 0.6) is 0 Å². The molecule has 0 atom stereocenters. The fraction of sp³-hybridized carbons (Fsp3) is 0.417. The van der Waals surface area contributed by atoms with Crippen LogP contribution in [0.3, 0.4) is 0 Å². The zero-order chi connectivity index (χ0) is 13.2. The SMILES string of the molecule is COC(C)(C)C(=O)Nc1cc(Cl)c(C)cc1Br. The number of halogens is 2. The number of hydrogen-bond acceptors (Lipinski definition) is 2. The summed E-state index contributed by atoms with van der Waals surface area (Å²) in [5, 5.41) is 3.38. The van der Waals surface area contributed by atoms with Crippen LogP contribution in [0, 0.1) is 6.92 Å². The van der Waals surface area contributed by atoms with Crippen LogP contribution < -0.4 is 5.32 Å². The van der Waals surface area contributed by atoms with Crippen LogP contribution in [-0.4, -0.2) is 18.6 Å². The summed E-state index contributed by atoms with van der Waals surface area (Å²) in [5.74, 6) is -0.222. The number of amides is 1. The monoisotopic (exact) mass is 319 g/mol. The molecule has 0 aliphatic carbocycles. The number of carbonyl (C=O) groups excluding carboxylic acids is 1. The molecule has 3 nitrogen and oxygen atoms in total. The molecule has 0 bridgehead atoms. The number of hydrogen-bond donors (Lipinski definition) is 1. The third-order valence-electron chi connectivity index (χ3n) is 2.55. The molecule has 0 radical (unpaired) electrons. The lowest BCUT2D eigenvalue weighted by Gasteiger charge is -2.22. The summed E-state index contributed by atoms with van der Waals surface area (Å²) < 4.78 is 5.90. The van der Waals surface area contributed by atoms with E-state index in [0.29, 0.717) is 10.7 Å². The number of ether oxygens (including phenoxy) is 1. The number of anilines is 1. The standard InChI is InChI=1S/C12H15BrClNO2/c1-7-5-8(13)10(6-9(7)14)15-11(16)12(2,3)17-4/h5-6H,1-4H3,(H,15,16). The molecular weight excluding hydrogens is 305 g/mol. The van der Waals surface area contributed by atoms with E-state index in [-0.39, 0.29) is 5.91 Å². The maximum absolute atomic E-state index is 11.9. The van der Waals surface area contributed by atoms with E-state index < -0.39 is 5.60 Å². The van der Waals surface area contributed by atoms with Crippen LogP contribution in [-0.2, 0) is 9.53 Å². The zero-order valence-corrected chi connectivity index (χ0v) is 12.6. The minimum Gasteiger partial charge on any atom is -0.369 e. The van der Waals surface area contributed by atoms with Gasteiger partial charge in [0.05, 0.1) is 5.69 Å². The third kappa shape index (κ3) is 3.44. The summed E-state index contributed by atoms with van der Waals surface area (Å²) in [7, 11) is 1.50. The van der Waals surface area contributed by atoms with Crippen molar-refractivity contribution in [1.82, 2.24) is 0 Å². The van der Waals surface area contributed by atoms with E-state index in [4.69, 9.17) is 16.3 Å². The largest absolute Gasteiger partial charge is 0.369 e. The summed E-state index contributed by atoms with van der Waals surface area (Å²) in [6.45, 7) is 5.30. The molecule has 17 heavy (non-hydrogen) atoms. The molecule has 0 saturated heterocycles. The average Bonchev–Trinajstić information content (AvgIpc) is 2.25. The smallest absolute Gasteiger partial charge is 0.256 e. The molecule has 0 heterocycles. The quantitative estimate of drug-likeness (QED) is 0.920. The summed E-state index contributed by atoms with van der Waals surface area (Å²) in [4.78, 5) is 11.9. The lowest BCUT2D eigenvalue weighted by Crippen LogP contribution is -2.38. The van der Waals surface area contributed by atoms with Crippen molar-refractivity contribution >= 4 is 39.1 Å². The van der Waals surface area contributed by atoms with Gasteiger partial charge in [0.25, 0.3) is 5.91 Å². The molecular formula is C12H15BrClNO2. The number of aryl methyl sites for hydroxylation is 1. The first kappa shape index (κ1) is 14.5. The van der Waals surface area contributed by atoms with Gasteiger partial charge in [-0.1, -0.05) is 11.6 Å². The van der Waals surface area contributed by atoms with E-state index in [2.05, 4.69) is 21.2 Å². The molecule has 0 aliphatic heterocycles. The fourth-order valence-electron chi connectivity index (χ4n) is 1.11. The molecule has 0 fully saturated rings. The summed E-state index contributed by atoms with van der Waals surface area (Å²) in [5.41, 5.74) is 0.704. The highest BCUT2D eigenvalue weighted by atomic mass is 79.9. The van der Waals surface area contributed by atoms with Gasteiger partial charge >= 0.3 is 0 Å². The van der Waals surface area contributed by atoms with Crippen LogP contribution >= 0.6 is 27.5 Å². The van der Waals surface area contributed by atoms with E-state index >= 15 is 0 Å². The van der Waals surface area contributed by atoms with Crippen molar-refractivity contribution in [2.45, 2.75) is 26.4 Å². The fourth-order valence-corrected chi connectivity index (χ4v) is 1.83. The van der Waals surface area contributed by atoms with E-state index in [0.717, 1.165) is 10.0 Å². The Morgan fingerprint density at radius 3 is 2.59 bits per heavy atom. The molecule has 0 spiro atoms. The van der Waals surface area contributed by atoms with Gasteiger partial charge in [-0.2, -0.15) is 0 Å². The molecule has 1 aromatic rings. The van der Waals surface area contributed by atoms with Gasteiger partial charge < -0.3 is 10.1 Å². The topological polar surface area (TPSA) is 38.3 Å². The Balaban J connectivity index is 2.97. The van der Waals surface area contributed by atoms with Gasteiger partial charge in [-0.3, -0.25) is 4.79 Å². The molecule has 1 amide bonds. The Bertz CT molecular complexity index is 446. The predicted octanol–water partition coefficient (Wildman–Crippen LogP) is 3.77. The maximum Gasteiger partial charge on any atom is 0.256 e. The van der Waals surface area contributed by atoms with Crippen molar-refractivity contribution in [2.75, 3.05) is 12.4 Å². The number of methoxy groups -OCH3 is 1. The van der Waals surface area contributed by atoms with E-state index in [1.54, 1.807) is 19.9 Å². The van der Waals surface area contributed by atoms with Gasteiger partial charge in [-0.05, 0) is 54.4 Å². The Labute approximate surface area is 115 Å². The van der Waals surface area contributed by atoms with E-state index in [9.17, 15) is 4.79 Å². The second-order valence-electron chi connectivity index (χ2n) is 4.25. The van der Waals surface area contributed by atoms with E-state index in [1.165, 1.54) is 7.11 Å². The van der Waals surface area contributed by atoms with Crippen LogP contribution in [0.2, 0.25) is 5.02 Å². The molecule has 0 saturated carbocycles. The molecule has 0 aromatic heterocycles. The van der Waals surface area contributed by atoms with Crippen LogP contribution in [0.25, 0.3) is 0 Å². The molecule has 1 N–H and O–H groups in total. The summed E-state index contributed by atoms with van der Waals surface area (Å²) >= 11 is 9.40. The van der Waals surface area contributed by atoms with Gasteiger partial charge in [-0.25, -0.2) is 0 Å². The van der Waals surface area contributed by atoms with Crippen molar-refractivity contribution in [1.29, 1.82) is 0 Å². The van der Waals surface area contributed by atoms with E-state index in [1.807, 2.05) is 13.0 Å². The first-order valence-electron chi connectivity index (χ1n) is 5.10. The number of carbonyl (C=O) groups is 1. The van der Waals surface area contributed by atoms with Crippen molar-refractivity contribution in [3.8, 4) is 0 Å². The van der Waals surface area contributed by atoms with Crippen LogP contribution in [0.1, 0.15) is 19.4 Å². The van der Waals surface area contributed by atoms with Crippen molar-refractivity contribution in [2.24, 2.45) is 0 Å². The normalized spacial score (nSPS) is 11.4. The Kier molecular flexibility index (Phi) is 4.58. The highest BCUT2D eigenvalue weighted by Crippen LogP contribution is 2.29. The second kappa shape index (κ2) is 5.38. The van der Waals surface area contributed by atoms with Gasteiger partial charge in [0.2, 0.25) is 0 Å². The molecule has 1 aromatic carbocycles. The summed E-state index contributed by atoms with van der Waals surface area (Å²) in [6.07, 6.45) is 0. The zero-order valence-electron chi connectivity index (χ0n) is 10.2. The predicted molar refractivity (Wildman–Crippen MR) is 73.6 cm³/mol. The minimum absolute atomic E-state index is 0.222. The van der Waals surface area contributed by atoms with Crippen LogP contribution in [0.4, 0.5) is 5.69 Å². The van der Waals surface area contributed by atoms with Gasteiger partial charge in [0.1, 0.15) is 5.60 Å². The van der Waals surface area contributed by atoms with Crippen molar-refractivity contribution in [3.05, 3.63) is 27.2 Å². The van der Waals surface area contributed by atoms with Crippen molar-refractivity contribution in [3.63, 3.8) is 0 Å². The highest BCUT2D eigenvalue weighted by Gasteiger charge is 2.27. The van der Waals surface area contributed by atoms with Gasteiger partial charge in [0, 0.05) is 16.6 Å². The average molecular weight is 321 g/mol.